The van der Waals surface area contributed by atoms with Gasteiger partial charge >= 0.3 is 5.97 Å². The Balaban J connectivity index is 2.13. The third kappa shape index (κ3) is 4.76. The fourth-order valence-electron chi connectivity index (χ4n) is 2.50. The van der Waals surface area contributed by atoms with Gasteiger partial charge in [-0.05, 0) is 25.0 Å². The maximum Gasteiger partial charge on any atom is 0.306 e. The normalized spacial score (nSPS) is 13.0. The first-order valence-electron chi connectivity index (χ1n) is 8.04. The number of hydrogen-bond acceptors (Lipinski definition) is 5. The Labute approximate surface area is 145 Å². The van der Waals surface area contributed by atoms with Gasteiger partial charge in [-0.25, -0.2) is 4.98 Å². The van der Waals surface area contributed by atoms with E-state index in [4.69, 9.17) is 10.5 Å². The zero-order valence-electron chi connectivity index (χ0n) is 14.2. The third-order valence-electron chi connectivity index (χ3n) is 3.79. The van der Waals surface area contributed by atoms with Crippen LogP contribution in [0, 0.1) is 5.92 Å². The molecule has 0 spiro atoms. The topological polar surface area (TPSA) is 111 Å². The second-order valence-corrected chi connectivity index (χ2v) is 5.73. The van der Waals surface area contributed by atoms with E-state index in [9.17, 15) is 14.4 Å². The van der Waals surface area contributed by atoms with Crippen LogP contribution in [0.4, 0.5) is 0 Å². The molecule has 0 aliphatic carbocycles. The van der Waals surface area contributed by atoms with E-state index in [1.165, 1.54) is 0 Å². The summed E-state index contributed by atoms with van der Waals surface area (Å²) in [5, 5.41) is 3.46. The lowest BCUT2D eigenvalue weighted by atomic mass is 9.97. The third-order valence-corrected chi connectivity index (χ3v) is 3.79. The number of aromatic nitrogens is 1. The number of esters is 1. The van der Waals surface area contributed by atoms with E-state index >= 15 is 0 Å². The summed E-state index contributed by atoms with van der Waals surface area (Å²) < 4.78 is 4.86. The summed E-state index contributed by atoms with van der Waals surface area (Å²) in [5.74, 6) is -2.18. The number of carbonyl (C=O) groups excluding carboxylic acids is 3. The van der Waals surface area contributed by atoms with Crippen LogP contribution in [0.15, 0.2) is 36.4 Å². The molecule has 2 rings (SSSR count). The molecule has 2 amide bonds. The molecule has 0 saturated heterocycles. The van der Waals surface area contributed by atoms with Gasteiger partial charge < -0.3 is 15.8 Å². The Kier molecular flexibility index (Phi) is 6.05. The molecule has 1 aromatic carbocycles. The minimum absolute atomic E-state index is 0.0210. The molecule has 0 saturated carbocycles. The quantitative estimate of drug-likeness (QED) is 0.738. The number of nitrogens with one attached hydrogen (secondary N) is 1. The van der Waals surface area contributed by atoms with Gasteiger partial charge in [0.15, 0.2) is 0 Å². The van der Waals surface area contributed by atoms with Crippen molar-refractivity contribution >= 4 is 28.7 Å². The summed E-state index contributed by atoms with van der Waals surface area (Å²) in [6, 6.07) is 9.74. The van der Waals surface area contributed by atoms with Crippen molar-refractivity contribution in [3.63, 3.8) is 0 Å². The average molecular weight is 343 g/mol. The zero-order chi connectivity index (χ0) is 18.4. The van der Waals surface area contributed by atoms with Gasteiger partial charge in [-0.2, -0.15) is 0 Å². The van der Waals surface area contributed by atoms with Crippen LogP contribution >= 0.6 is 0 Å². The lowest BCUT2D eigenvalue weighted by molar-refractivity contribution is -0.144. The van der Waals surface area contributed by atoms with Crippen molar-refractivity contribution in [3.05, 3.63) is 42.1 Å². The van der Waals surface area contributed by atoms with E-state index in [-0.39, 0.29) is 18.7 Å². The van der Waals surface area contributed by atoms with E-state index in [2.05, 4.69) is 10.3 Å². The maximum atomic E-state index is 12.4. The molecule has 7 nitrogen and oxygen atoms in total. The first kappa shape index (κ1) is 18.4. The summed E-state index contributed by atoms with van der Waals surface area (Å²) >= 11 is 0. The van der Waals surface area contributed by atoms with E-state index in [1.54, 1.807) is 32.0 Å². The van der Waals surface area contributed by atoms with Gasteiger partial charge in [-0.15, -0.1) is 0 Å². The van der Waals surface area contributed by atoms with Crippen LogP contribution in [0.25, 0.3) is 10.9 Å². The van der Waals surface area contributed by atoms with E-state index in [0.717, 1.165) is 5.39 Å². The molecular formula is C18H21N3O4. The fraction of sp³-hybridized carbons (Fsp3) is 0.333. The average Bonchev–Trinajstić information content (AvgIpc) is 2.58. The lowest BCUT2D eigenvalue weighted by Crippen LogP contribution is -2.49. The highest BCUT2D eigenvalue weighted by Gasteiger charge is 2.28. The lowest BCUT2D eigenvalue weighted by Gasteiger charge is -2.21. The van der Waals surface area contributed by atoms with Gasteiger partial charge in [-0.1, -0.05) is 31.2 Å². The molecule has 0 unspecified atom stereocenters. The fourth-order valence-corrected chi connectivity index (χ4v) is 2.50. The highest BCUT2D eigenvalue weighted by molar-refractivity contribution is 5.97. The molecule has 25 heavy (non-hydrogen) atoms. The highest BCUT2D eigenvalue weighted by atomic mass is 16.5. The van der Waals surface area contributed by atoms with Crippen LogP contribution in [0.1, 0.15) is 30.8 Å². The number of primary amides is 1. The van der Waals surface area contributed by atoms with E-state index < -0.39 is 29.7 Å². The van der Waals surface area contributed by atoms with Crippen LogP contribution < -0.4 is 11.1 Å². The predicted molar refractivity (Wildman–Crippen MR) is 92.6 cm³/mol. The van der Waals surface area contributed by atoms with Crippen LogP contribution in [0.2, 0.25) is 0 Å². The van der Waals surface area contributed by atoms with Crippen molar-refractivity contribution in [1.29, 1.82) is 0 Å². The van der Waals surface area contributed by atoms with Gasteiger partial charge in [0.25, 0.3) is 5.91 Å². The van der Waals surface area contributed by atoms with Crippen molar-refractivity contribution in [2.75, 3.05) is 6.61 Å². The van der Waals surface area contributed by atoms with Crippen LogP contribution in [-0.2, 0) is 14.3 Å². The molecule has 1 aromatic heterocycles. The standard InChI is InChI=1S/C18H21N3O4/c1-3-25-15(22)10-11(2)16(17(19)23)21-18(24)14-9-8-12-6-4-5-7-13(12)20-14/h4-9,11,16H,3,10H2,1-2H3,(H2,19,23)(H,21,24)/t11-,16+/m1/s1. The number of fused-ring (bicyclic) bond motifs is 1. The van der Waals surface area contributed by atoms with E-state index in [0.29, 0.717) is 5.52 Å². The molecule has 2 aromatic rings. The zero-order valence-corrected chi connectivity index (χ0v) is 14.2. The number of amides is 2. The molecule has 132 valence electrons. The number of hydrogen-bond donors (Lipinski definition) is 2. The Morgan fingerprint density at radius 3 is 2.60 bits per heavy atom. The number of carbonyl (C=O) groups is 3. The minimum atomic E-state index is -0.995. The number of ether oxygens (including phenoxy) is 1. The Morgan fingerprint density at radius 2 is 1.92 bits per heavy atom. The molecule has 0 aliphatic rings. The van der Waals surface area contributed by atoms with Crippen molar-refractivity contribution in [2.24, 2.45) is 11.7 Å². The van der Waals surface area contributed by atoms with Crippen molar-refractivity contribution < 1.29 is 19.1 Å². The van der Waals surface area contributed by atoms with Crippen LogP contribution in [0.5, 0.6) is 0 Å². The van der Waals surface area contributed by atoms with Crippen molar-refractivity contribution in [3.8, 4) is 0 Å². The molecule has 2 atom stereocenters. The van der Waals surface area contributed by atoms with Crippen molar-refractivity contribution in [1.82, 2.24) is 10.3 Å². The molecule has 0 bridgehead atoms. The largest absolute Gasteiger partial charge is 0.466 e. The van der Waals surface area contributed by atoms with Crippen molar-refractivity contribution in [2.45, 2.75) is 26.3 Å². The number of nitrogens with two attached hydrogens (primary N) is 1. The Bertz CT molecular complexity index is 791. The number of para-hydroxylation sites is 1. The Morgan fingerprint density at radius 1 is 1.20 bits per heavy atom. The molecule has 0 fully saturated rings. The summed E-state index contributed by atoms with van der Waals surface area (Å²) in [6.07, 6.45) is -0.0210. The van der Waals surface area contributed by atoms with Gasteiger partial charge in [0, 0.05) is 5.39 Å². The SMILES string of the molecule is CCOC(=O)C[C@@H](C)[C@H](NC(=O)c1ccc2ccccc2n1)C(N)=O. The van der Waals surface area contributed by atoms with Crippen LogP contribution in [-0.4, -0.2) is 35.4 Å². The summed E-state index contributed by atoms with van der Waals surface area (Å²) in [4.78, 5) is 40.0. The highest BCUT2D eigenvalue weighted by Crippen LogP contribution is 2.13. The maximum absolute atomic E-state index is 12.4. The molecule has 0 aliphatic heterocycles. The first-order valence-corrected chi connectivity index (χ1v) is 8.04. The second-order valence-electron chi connectivity index (χ2n) is 5.73. The molecule has 3 N–H and O–H groups in total. The van der Waals surface area contributed by atoms with E-state index in [1.807, 2.05) is 18.2 Å². The first-order chi connectivity index (χ1) is 11.9. The van der Waals surface area contributed by atoms with Gasteiger partial charge in [0.05, 0.1) is 18.5 Å². The van der Waals surface area contributed by atoms with Gasteiger partial charge in [0.2, 0.25) is 5.91 Å². The minimum Gasteiger partial charge on any atom is -0.466 e. The van der Waals surface area contributed by atoms with Crippen LogP contribution in [0.3, 0.4) is 0 Å². The Hall–Kier alpha value is -2.96. The summed E-state index contributed by atoms with van der Waals surface area (Å²) in [6.45, 7) is 3.60. The number of benzene rings is 1. The molecule has 0 radical (unpaired) electrons. The monoisotopic (exact) mass is 343 g/mol. The number of rotatable bonds is 7. The second kappa shape index (κ2) is 8.23. The number of pyridine rings is 1. The smallest absolute Gasteiger partial charge is 0.306 e. The molecular weight excluding hydrogens is 322 g/mol. The summed E-state index contributed by atoms with van der Waals surface area (Å²) in [5.41, 5.74) is 6.22. The summed E-state index contributed by atoms with van der Waals surface area (Å²) in [7, 11) is 0. The van der Waals surface area contributed by atoms with Gasteiger partial charge in [0.1, 0.15) is 11.7 Å². The molecule has 1 heterocycles. The predicted octanol–water partition coefficient (Wildman–Crippen LogP) is 1.41. The number of nitrogens with zero attached hydrogens (tertiary/aromatic N) is 1. The van der Waals surface area contributed by atoms with Gasteiger partial charge in [-0.3, -0.25) is 14.4 Å². The molecule has 7 heteroatoms.